The minimum absolute atomic E-state index is 0.0193. The summed E-state index contributed by atoms with van der Waals surface area (Å²) in [5.74, 6) is -0.649. The normalized spacial score (nSPS) is 11.7. The third kappa shape index (κ3) is 2.78. The molecule has 19 heavy (non-hydrogen) atoms. The average Bonchev–Trinajstić information content (AvgIpc) is 2.78. The third-order valence-electron chi connectivity index (χ3n) is 2.36. The van der Waals surface area contributed by atoms with E-state index in [0.717, 1.165) is 10.7 Å². The smallest absolute Gasteiger partial charge is 0.218 e. The number of sulfonamides is 1. The van der Waals surface area contributed by atoms with Crippen molar-refractivity contribution in [2.24, 2.45) is 0 Å². The minimum atomic E-state index is -3.72. The fourth-order valence-corrected chi connectivity index (χ4v) is 2.89. The molecule has 8 heteroatoms. The van der Waals surface area contributed by atoms with E-state index in [2.05, 4.69) is 9.82 Å². The van der Waals surface area contributed by atoms with Crippen molar-refractivity contribution in [2.45, 2.75) is 11.9 Å². The van der Waals surface area contributed by atoms with Crippen LogP contribution in [0.5, 0.6) is 0 Å². The molecule has 0 fully saturated rings. The monoisotopic (exact) mass is 303 g/mol. The Balaban J connectivity index is 2.57. The molecule has 5 nitrogen and oxygen atoms in total. The summed E-state index contributed by atoms with van der Waals surface area (Å²) in [7, 11) is -3.72. The molecule has 2 rings (SSSR count). The standard InChI is InChI=1S/C11H11ClFN3O2S/c1-2-15-19(17,18)11-5-6-14-16(11)10-4-3-8(12)7-9(10)13/h3-7,15H,2H2,1H3. The molecule has 0 saturated heterocycles. The molecule has 0 saturated carbocycles. The topological polar surface area (TPSA) is 64.0 Å². The van der Waals surface area contributed by atoms with Gasteiger partial charge in [-0.1, -0.05) is 18.5 Å². The summed E-state index contributed by atoms with van der Waals surface area (Å²) in [6.45, 7) is 1.89. The zero-order valence-electron chi connectivity index (χ0n) is 9.97. The van der Waals surface area contributed by atoms with Crippen molar-refractivity contribution < 1.29 is 12.8 Å². The Morgan fingerprint density at radius 3 is 2.79 bits per heavy atom. The molecule has 0 spiro atoms. The summed E-state index contributed by atoms with van der Waals surface area (Å²) in [6, 6.07) is 5.23. The highest BCUT2D eigenvalue weighted by Crippen LogP contribution is 2.21. The van der Waals surface area contributed by atoms with Crippen LogP contribution < -0.4 is 4.72 Å². The SMILES string of the molecule is CCNS(=O)(=O)c1ccnn1-c1ccc(Cl)cc1F. The maximum atomic E-state index is 13.8. The van der Waals surface area contributed by atoms with Crippen molar-refractivity contribution in [3.63, 3.8) is 0 Å². The van der Waals surface area contributed by atoms with E-state index >= 15 is 0 Å². The predicted molar refractivity (Wildman–Crippen MR) is 69.4 cm³/mol. The molecule has 1 aromatic heterocycles. The van der Waals surface area contributed by atoms with Gasteiger partial charge in [0.15, 0.2) is 5.03 Å². The third-order valence-corrected chi connectivity index (χ3v) is 4.12. The minimum Gasteiger partial charge on any atom is -0.218 e. The molecule has 0 bridgehead atoms. The van der Waals surface area contributed by atoms with E-state index in [9.17, 15) is 12.8 Å². The number of aromatic nitrogens is 2. The fourth-order valence-electron chi connectivity index (χ4n) is 1.59. The van der Waals surface area contributed by atoms with Gasteiger partial charge < -0.3 is 0 Å². The van der Waals surface area contributed by atoms with Gasteiger partial charge in [0.25, 0.3) is 10.0 Å². The lowest BCUT2D eigenvalue weighted by Crippen LogP contribution is -2.25. The fraction of sp³-hybridized carbons (Fsp3) is 0.182. The molecule has 102 valence electrons. The number of benzene rings is 1. The second kappa shape index (κ2) is 5.28. The van der Waals surface area contributed by atoms with E-state index in [4.69, 9.17) is 11.6 Å². The van der Waals surface area contributed by atoms with Crippen LogP contribution in [-0.4, -0.2) is 24.7 Å². The number of hydrogen-bond acceptors (Lipinski definition) is 3. The number of rotatable bonds is 4. The highest BCUT2D eigenvalue weighted by atomic mass is 35.5. The van der Waals surface area contributed by atoms with Crippen LogP contribution in [0.15, 0.2) is 35.5 Å². The summed E-state index contributed by atoms with van der Waals surface area (Å²) >= 11 is 5.66. The second-order valence-electron chi connectivity index (χ2n) is 3.68. The van der Waals surface area contributed by atoms with E-state index in [-0.39, 0.29) is 22.3 Å². The van der Waals surface area contributed by atoms with E-state index in [1.54, 1.807) is 6.92 Å². The van der Waals surface area contributed by atoms with E-state index < -0.39 is 15.8 Å². The molecular weight excluding hydrogens is 293 g/mol. The molecule has 0 aliphatic rings. The molecular formula is C11H11ClFN3O2S. The number of hydrogen-bond donors (Lipinski definition) is 1. The first-order valence-electron chi connectivity index (χ1n) is 5.45. The molecule has 0 unspecified atom stereocenters. The molecule has 1 N–H and O–H groups in total. The van der Waals surface area contributed by atoms with Gasteiger partial charge in [0.2, 0.25) is 0 Å². The van der Waals surface area contributed by atoms with E-state index in [0.29, 0.717) is 0 Å². The molecule has 0 radical (unpaired) electrons. The van der Waals surface area contributed by atoms with Crippen molar-refractivity contribution in [1.82, 2.24) is 14.5 Å². The summed E-state index contributed by atoms with van der Waals surface area (Å²) in [4.78, 5) is 0. The van der Waals surface area contributed by atoms with Gasteiger partial charge in [0.05, 0.1) is 6.20 Å². The zero-order chi connectivity index (χ0) is 14.0. The Kier molecular flexibility index (Phi) is 3.88. The van der Waals surface area contributed by atoms with Crippen LogP contribution in [0.25, 0.3) is 5.69 Å². The van der Waals surface area contributed by atoms with Gasteiger partial charge in [-0.25, -0.2) is 22.2 Å². The number of halogens is 2. The van der Waals surface area contributed by atoms with Crippen LogP contribution in [0.2, 0.25) is 5.02 Å². The molecule has 2 aromatic rings. The average molecular weight is 304 g/mol. The molecule has 1 aromatic carbocycles. The van der Waals surface area contributed by atoms with Crippen LogP contribution in [0.4, 0.5) is 4.39 Å². The molecule has 0 aliphatic heterocycles. The lowest BCUT2D eigenvalue weighted by molar-refractivity contribution is 0.567. The van der Waals surface area contributed by atoms with Crippen LogP contribution in [0, 0.1) is 5.82 Å². The highest BCUT2D eigenvalue weighted by molar-refractivity contribution is 7.89. The molecule has 1 heterocycles. The lowest BCUT2D eigenvalue weighted by atomic mass is 10.3. The van der Waals surface area contributed by atoms with Gasteiger partial charge in [0.1, 0.15) is 11.5 Å². The first kappa shape index (κ1) is 14.0. The number of nitrogens with one attached hydrogen (secondary N) is 1. The summed E-state index contributed by atoms with van der Waals surface area (Å²) in [5.41, 5.74) is 0.0193. The quantitative estimate of drug-likeness (QED) is 0.939. The molecule has 0 aliphatic carbocycles. The van der Waals surface area contributed by atoms with Gasteiger partial charge in [-0.05, 0) is 24.3 Å². The summed E-state index contributed by atoms with van der Waals surface area (Å²) in [5, 5.41) is 3.94. The van der Waals surface area contributed by atoms with E-state index in [1.807, 2.05) is 0 Å². The van der Waals surface area contributed by atoms with Crippen LogP contribution in [-0.2, 0) is 10.0 Å². The van der Waals surface area contributed by atoms with Gasteiger partial charge in [0, 0.05) is 11.6 Å². The molecule has 0 atom stereocenters. The molecule has 0 amide bonds. The van der Waals surface area contributed by atoms with Crippen LogP contribution in [0.1, 0.15) is 6.92 Å². The van der Waals surface area contributed by atoms with E-state index in [1.165, 1.54) is 24.4 Å². The highest BCUT2D eigenvalue weighted by Gasteiger charge is 2.20. The maximum absolute atomic E-state index is 13.8. The lowest BCUT2D eigenvalue weighted by Gasteiger charge is -2.09. The van der Waals surface area contributed by atoms with Crippen LogP contribution >= 0.6 is 11.6 Å². The van der Waals surface area contributed by atoms with Crippen molar-refractivity contribution >= 4 is 21.6 Å². The van der Waals surface area contributed by atoms with Crippen molar-refractivity contribution in [3.05, 3.63) is 41.3 Å². The Labute approximate surface area is 115 Å². The van der Waals surface area contributed by atoms with Crippen molar-refractivity contribution in [2.75, 3.05) is 6.54 Å². The Hall–Kier alpha value is -1.44. The van der Waals surface area contributed by atoms with Gasteiger partial charge >= 0.3 is 0 Å². The second-order valence-corrected chi connectivity index (χ2v) is 5.83. The number of nitrogens with zero attached hydrogens (tertiary/aromatic N) is 2. The Bertz CT molecular complexity index is 700. The van der Waals surface area contributed by atoms with Gasteiger partial charge in [-0.15, -0.1) is 0 Å². The van der Waals surface area contributed by atoms with Gasteiger partial charge in [-0.2, -0.15) is 5.10 Å². The largest absolute Gasteiger partial charge is 0.258 e. The van der Waals surface area contributed by atoms with Crippen LogP contribution in [0.3, 0.4) is 0 Å². The Morgan fingerprint density at radius 2 is 2.16 bits per heavy atom. The van der Waals surface area contributed by atoms with Gasteiger partial charge in [-0.3, -0.25) is 0 Å². The van der Waals surface area contributed by atoms with Crippen molar-refractivity contribution in [3.8, 4) is 5.69 Å². The summed E-state index contributed by atoms with van der Waals surface area (Å²) in [6.07, 6.45) is 1.29. The predicted octanol–water partition coefficient (Wildman–Crippen LogP) is 1.96. The zero-order valence-corrected chi connectivity index (χ0v) is 11.5. The first-order valence-corrected chi connectivity index (χ1v) is 7.31. The first-order chi connectivity index (χ1) is 8.95. The summed E-state index contributed by atoms with van der Waals surface area (Å²) < 4.78 is 41.0. The van der Waals surface area contributed by atoms with Crippen molar-refractivity contribution in [1.29, 1.82) is 0 Å². The Morgan fingerprint density at radius 1 is 1.42 bits per heavy atom. The maximum Gasteiger partial charge on any atom is 0.258 e.